The molecule has 1 aliphatic carbocycles. The first-order valence-corrected chi connectivity index (χ1v) is 13.6. The molecule has 1 saturated heterocycles. The van der Waals surface area contributed by atoms with E-state index in [0.717, 1.165) is 5.56 Å². The first-order valence-electron chi connectivity index (χ1n) is 13.6. The number of aromatic nitrogens is 1. The number of fused-ring (bicyclic) bond motifs is 2. The molecule has 0 radical (unpaired) electrons. The van der Waals surface area contributed by atoms with E-state index in [-0.39, 0.29) is 42.0 Å². The normalized spacial score (nSPS) is 19.9. The van der Waals surface area contributed by atoms with E-state index in [2.05, 4.69) is 0 Å². The Morgan fingerprint density at radius 2 is 1.71 bits per heavy atom. The SMILES string of the molecule is Cc1cccc2c(C(=O)OCC(=O)c3ccccc3)cc(-c3ccc(N4C(=O)C5CC=CC(C)C5C4=O)cc3)nc12. The lowest BCUT2D eigenvalue weighted by molar-refractivity contribution is -0.122. The van der Waals surface area contributed by atoms with Gasteiger partial charge in [-0.2, -0.15) is 0 Å². The molecule has 204 valence electrons. The summed E-state index contributed by atoms with van der Waals surface area (Å²) < 4.78 is 5.45. The van der Waals surface area contributed by atoms with E-state index in [1.807, 2.05) is 44.2 Å². The van der Waals surface area contributed by atoms with Gasteiger partial charge in [0.2, 0.25) is 11.8 Å². The lowest BCUT2D eigenvalue weighted by Crippen LogP contribution is -2.31. The highest BCUT2D eigenvalue weighted by Gasteiger charge is 2.50. The molecule has 0 saturated carbocycles. The largest absolute Gasteiger partial charge is 0.454 e. The number of pyridine rings is 1. The van der Waals surface area contributed by atoms with Gasteiger partial charge in [-0.25, -0.2) is 9.78 Å². The number of anilines is 1. The third kappa shape index (κ3) is 4.73. The number of aryl methyl sites for hydroxylation is 1. The van der Waals surface area contributed by atoms with Crippen LogP contribution < -0.4 is 4.90 Å². The first-order chi connectivity index (χ1) is 19.8. The molecule has 3 atom stereocenters. The van der Waals surface area contributed by atoms with Gasteiger partial charge < -0.3 is 4.74 Å². The van der Waals surface area contributed by atoms with Crippen LogP contribution in [0.25, 0.3) is 22.2 Å². The molecule has 0 N–H and O–H groups in total. The summed E-state index contributed by atoms with van der Waals surface area (Å²) >= 11 is 0. The van der Waals surface area contributed by atoms with E-state index in [1.165, 1.54) is 4.90 Å². The number of allylic oxidation sites excluding steroid dienone is 2. The average Bonchev–Trinajstić information content (AvgIpc) is 3.26. The van der Waals surface area contributed by atoms with Crippen LogP contribution >= 0.6 is 0 Å². The molecule has 2 aliphatic rings. The van der Waals surface area contributed by atoms with Gasteiger partial charge in [-0.05, 0) is 43.0 Å². The predicted octanol–water partition coefficient (Wildman–Crippen LogP) is 5.95. The van der Waals surface area contributed by atoms with E-state index >= 15 is 0 Å². The Morgan fingerprint density at radius 3 is 2.44 bits per heavy atom. The second-order valence-corrected chi connectivity index (χ2v) is 10.6. The molecule has 7 nitrogen and oxygen atoms in total. The third-order valence-electron chi connectivity index (χ3n) is 7.99. The first kappa shape index (κ1) is 26.3. The number of hydrogen-bond acceptors (Lipinski definition) is 6. The molecular weight excluding hydrogens is 516 g/mol. The van der Waals surface area contributed by atoms with Crippen molar-refractivity contribution in [3.63, 3.8) is 0 Å². The Hall–Kier alpha value is -4.91. The fourth-order valence-corrected chi connectivity index (χ4v) is 5.81. The predicted molar refractivity (Wildman–Crippen MR) is 155 cm³/mol. The second-order valence-electron chi connectivity index (χ2n) is 10.6. The minimum atomic E-state index is -0.622. The summed E-state index contributed by atoms with van der Waals surface area (Å²) in [6.07, 6.45) is 4.56. The fourth-order valence-electron chi connectivity index (χ4n) is 5.81. The molecule has 1 aliphatic heterocycles. The van der Waals surface area contributed by atoms with Crippen LogP contribution in [0.3, 0.4) is 0 Å². The second kappa shape index (κ2) is 10.6. The maximum absolute atomic E-state index is 13.3. The lowest BCUT2D eigenvalue weighted by atomic mass is 9.78. The van der Waals surface area contributed by atoms with Crippen molar-refractivity contribution in [3.05, 3.63) is 108 Å². The number of imide groups is 1. The van der Waals surface area contributed by atoms with Crippen molar-refractivity contribution < 1.29 is 23.9 Å². The molecule has 2 heterocycles. The molecular formula is C34H28N2O5. The number of para-hydroxylation sites is 1. The van der Waals surface area contributed by atoms with E-state index < -0.39 is 5.97 Å². The molecule has 6 rings (SSSR count). The van der Waals surface area contributed by atoms with Gasteiger partial charge in [0, 0.05) is 16.5 Å². The number of ether oxygens (including phenoxy) is 1. The molecule has 41 heavy (non-hydrogen) atoms. The molecule has 2 amide bonds. The van der Waals surface area contributed by atoms with Crippen molar-refractivity contribution in [2.24, 2.45) is 17.8 Å². The zero-order valence-corrected chi connectivity index (χ0v) is 22.7. The highest BCUT2D eigenvalue weighted by molar-refractivity contribution is 6.22. The van der Waals surface area contributed by atoms with Crippen molar-refractivity contribution in [1.82, 2.24) is 4.98 Å². The Kier molecular flexibility index (Phi) is 6.79. The maximum Gasteiger partial charge on any atom is 0.339 e. The third-order valence-corrected chi connectivity index (χ3v) is 7.99. The number of benzene rings is 3. The van der Waals surface area contributed by atoms with Crippen LogP contribution in [-0.2, 0) is 14.3 Å². The van der Waals surface area contributed by atoms with Crippen LogP contribution in [0, 0.1) is 24.7 Å². The van der Waals surface area contributed by atoms with E-state index in [9.17, 15) is 19.2 Å². The van der Waals surface area contributed by atoms with Gasteiger partial charge in [0.15, 0.2) is 12.4 Å². The molecule has 0 spiro atoms. The summed E-state index contributed by atoms with van der Waals surface area (Å²) in [6, 6.07) is 23.0. The molecule has 3 unspecified atom stereocenters. The quantitative estimate of drug-likeness (QED) is 0.129. The minimum Gasteiger partial charge on any atom is -0.454 e. The van der Waals surface area contributed by atoms with Crippen molar-refractivity contribution in [1.29, 1.82) is 0 Å². The minimum absolute atomic E-state index is 0.0145. The van der Waals surface area contributed by atoms with Gasteiger partial charge in [-0.1, -0.05) is 79.7 Å². The summed E-state index contributed by atoms with van der Waals surface area (Å²) in [7, 11) is 0. The number of Topliss-reactive ketones (excluding diaryl/α,β-unsaturated/α-hetero) is 1. The molecule has 0 bridgehead atoms. The molecule has 3 aromatic carbocycles. The number of ketones is 1. The van der Waals surface area contributed by atoms with Crippen LogP contribution in [0.4, 0.5) is 5.69 Å². The smallest absolute Gasteiger partial charge is 0.339 e. The van der Waals surface area contributed by atoms with Crippen LogP contribution in [0.5, 0.6) is 0 Å². The molecule has 4 aromatic rings. The summed E-state index contributed by atoms with van der Waals surface area (Å²) in [5.74, 6) is -1.89. The van der Waals surface area contributed by atoms with Crippen LogP contribution in [0.15, 0.2) is 91.0 Å². The van der Waals surface area contributed by atoms with Gasteiger partial charge in [0.1, 0.15) is 0 Å². The van der Waals surface area contributed by atoms with Crippen molar-refractivity contribution in [2.45, 2.75) is 20.3 Å². The standard InChI is InChI=1S/C34H28N2O5/c1-20-8-6-13-26-30(20)33(39)36(32(26)38)24-16-14-22(15-17-24)28-18-27(25-12-7-9-21(2)31(25)35-28)34(40)41-19-29(37)23-10-4-3-5-11-23/h3-12,14-18,20,26,30H,13,19H2,1-2H3. The lowest BCUT2D eigenvalue weighted by Gasteiger charge is -2.22. The Balaban J connectivity index is 1.30. The van der Waals surface area contributed by atoms with Crippen molar-refractivity contribution >= 4 is 40.2 Å². The van der Waals surface area contributed by atoms with Gasteiger partial charge in [0.25, 0.3) is 0 Å². The summed E-state index contributed by atoms with van der Waals surface area (Å²) in [6.45, 7) is 3.51. The number of rotatable bonds is 6. The van der Waals surface area contributed by atoms with Crippen LogP contribution in [0.1, 0.15) is 39.6 Å². The molecule has 1 fully saturated rings. The zero-order valence-electron chi connectivity index (χ0n) is 22.7. The van der Waals surface area contributed by atoms with Gasteiger partial charge in [-0.3, -0.25) is 19.3 Å². The van der Waals surface area contributed by atoms with Crippen molar-refractivity contribution in [2.75, 3.05) is 11.5 Å². The van der Waals surface area contributed by atoms with E-state index in [1.54, 1.807) is 60.7 Å². The number of carbonyl (C=O) groups is 4. The van der Waals surface area contributed by atoms with E-state index in [0.29, 0.717) is 45.4 Å². The number of nitrogens with zero attached hydrogens (tertiary/aromatic N) is 2. The number of hydrogen-bond donors (Lipinski definition) is 0. The summed E-state index contributed by atoms with van der Waals surface area (Å²) in [5, 5.41) is 0.626. The van der Waals surface area contributed by atoms with Gasteiger partial charge in [-0.15, -0.1) is 0 Å². The molecule has 7 heteroatoms. The van der Waals surface area contributed by atoms with Crippen molar-refractivity contribution in [3.8, 4) is 11.3 Å². The fraction of sp³-hybridized carbons (Fsp3) is 0.206. The Bertz CT molecular complexity index is 1730. The number of carbonyl (C=O) groups excluding carboxylic acids is 4. The highest BCUT2D eigenvalue weighted by atomic mass is 16.5. The zero-order chi connectivity index (χ0) is 28.7. The van der Waals surface area contributed by atoms with Crippen LogP contribution in [-0.4, -0.2) is 35.2 Å². The summed E-state index contributed by atoms with van der Waals surface area (Å²) in [5.41, 5.74) is 4.05. The van der Waals surface area contributed by atoms with Gasteiger partial charge >= 0.3 is 5.97 Å². The van der Waals surface area contributed by atoms with Crippen LogP contribution in [0.2, 0.25) is 0 Å². The Morgan fingerprint density at radius 1 is 0.951 bits per heavy atom. The maximum atomic E-state index is 13.3. The topological polar surface area (TPSA) is 93.6 Å². The summed E-state index contributed by atoms with van der Waals surface area (Å²) in [4.78, 5) is 58.2. The van der Waals surface area contributed by atoms with E-state index in [4.69, 9.17) is 9.72 Å². The Labute approximate surface area is 237 Å². The molecule has 1 aromatic heterocycles. The highest BCUT2D eigenvalue weighted by Crippen LogP contribution is 2.40. The monoisotopic (exact) mass is 544 g/mol. The number of amides is 2. The average molecular weight is 545 g/mol. The van der Waals surface area contributed by atoms with Gasteiger partial charge in [0.05, 0.1) is 34.3 Å². The number of esters is 1.